The number of fused-ring (bicyclic) bond motifs is 2. The number of hydrogen-bond donors (Lipinski definition) is 0. The van der Waals surface area contributed by atoms with E-state index in [-0.39, 0.29) is 23.4 Å². The van der Waals surface area contributed by atoms with E-state index >= 15 is 0 Å². The van der Waals surface area contributed by atoms with Crippen molar-refractivity contribution in [2.24, 2.45) is 5.92 Å². The van der Waals surface area contributed by atoms with E-state index in [1.165, 1.54) is 0 Å². The zero-order chi connectivity index (χ0) is 10.1. The van der Waals surface area contributed by atoms with Gasteiger partial charge < -0.3 is 9.47 Å². The minimum atomic E-state index is -0.619. The summed E-state index contributed by atoms with van der Waals surface area (Å²) in [5.74, 6) is 0.404. The van der Waals surface area contributed by atoms with E-state index in [0.717, 1.165) is 5.57 Å². The summed E-state index contributed by atoms with van der Waals surface area (Å²) >= 11 is 0. The number of ether oxygens (including phenoxy) is 2. The number of carbonyl (C=O) groups excluding carboxylic acids is 1. The molecule has 0 radical (unpaired) electrons. The van der Waals surface area contributed by atoms with Crippen LogP contribution in [0.4, 0.5) is 0 Å². The first kappa shape index (κ1) is 8.62. The van der Waals surface area contributed by atoms with Crippen molar-refractivity contribution in [1.82, 2.24) is 0 Å². The lowest BCUT2D eigenvalue weighted by Crippen LogP contribution is -2.45. The Morgan fingerprint density at radius 1 is 1.57 bits per heavy atom. The fraction of sp³-hybridized carbons (Fsp3) is 0.727. The summed E-state index contributed by atoms with van der Waals surface area (Å²) in [7, 11) is 0. The van der Waals surface area contributed by atoms with E-state index in [2.05, 4.69) is 0 Å². The van der Waals surface area contributed by atoms with E-state index in [9.17, 15) is 4.79 Å². The zero-order valence-corrected chi connectivity index (χ0v) is 8.66. The summed E-state index contributed by atoms with van der Waals surface area (Å²) in [6.07, 6.45) is 2.07. The first-order valence-electron chi connectivity index (χ1n) is 5.09. The van der Waals surface area contributed by atoms with Crippen LogP contribution in [0.2, 0.25) is 0 Å². The number of epoxide rings is 2. The van der Waals surface area contributed by atoms with E-state index in [1.54, 1.807) is 0 Å². The molecule has 3 nitrogen and oxygen atoms in total. The Morgan fingerprint density at radius 3 is 2.71 bits per heavy atom. The number of Topliss-reactive ketones (excluding diaryl/α,β-unsaturated/α-hetero) is 1. The molecule has 2 saturated heterocycles. The Balaban J connectivity index is 2.06. The topological polar surface area (TPSA) is 42.1 Å². The second-order valence-electron chi connectivity index (χ2n) is 4.87. The van der Waals surface area contributed by atoms with Gasteiger partial charge >= 0.3 is 0 Å². The first-order valence-corrected chi connectivity index (χ1v) is 5.09. The molecule has 2 heterocycles. The normalized spacial score (nSPS) is 49.3. The number of hydrogen-bond acceptors (Lipinski definition) is 3. The van der Waals surface area contributed by atoms with Gasteiger partial charge in [-0.1, -0.05) is 13.8 Å². The molecular formula is C11H14O3. The second kappa shape index (κ2) is 2.12. The fourth-order valence-corrected chi connectivity index (χ4v) is 2.39. The van der Waals surface area contributed by atoms with Crippen molar-refractivity contribution in [3.05, 3.63) is 11.6 Å². The Labute approximate surface area is 83.1 Å². The SMILES string of the molecule is CC(C)C1=C[C@@H]2O[C@]2(C)[C@@]2(CO2)C1=O. The van der Waals surface area contributed by atoms with Crippen LogP contribution in [0.5, 0.6) is 0 Å². The van der Waals surface area contributed by atoms with Gasteiger partial charge in [-0.15, -0.1) is 0 Å². The molecule has 0 unspecified atom stereocenters. The van der Waals surface area contributed by atoms with E-state index in [0.29, 0.717) is 6.61 Å². The molecule has 3 heteroatoms. The summed E-state index contributed by atoms with van der Waals surface area (Å²) in [5, 5.41) is 0. The molecule has 2 aliphatic heterocycles. The monoisotopic (exact) mass is 194 g/mol. The van der Waals surface area contributed by atoms with Gasteiger partial charge in [0.05, 0.1) is 6.61 Å². The van der Waals surface area contributed by atoms with Gasteiger partial charge in [-0.3, -0.25) is 4.79 Å². The Bertz CT molecular complexity index is 352. The summed E-state index contributed by atoms with van der Waals surface area (Å²) < 4.78 is 10.9. The lowest BCUT2D eigenvalue weighted by molar-refractivity contribution is -0.123. The first-order chi connectivity index (χ1) is 6.51. The molecule has 0 N–H and O–H groups in total. The quantitative estimate of drug-likeness (QED) is 0.586. The highest BCUT2D eigenvalue weighted by Crippen LogP contribution is 2.58. The predicted octanol–water partition coefficient (Wildman–Crippen LogP) is 1.08. The molecule has 3 rings (SSSR count). The van der Waals surface area contributed by atoms with Gasteiger partial charge in [-0.25, -0.2) is 0 Å². The molecule has 0 bridgehead atoms. The average molecular weight is 194 g/mol. The Morgan fingerprint density at radius 2 is 2.21 bits per heavy atom. The number of carbonyl (C=O) groups is 1. The highest BCUT2D eigenvalue weighted by molar-refractivity contribution is 6.07. The fourth-order valence-electron chi connectivity index (χ4n) is 2.39. The largest absolute Gasteiger partial charge is 0.358 e. The van der Waals surface area contributed by atoms with Crippen LogP contribution in [0.15, 0.2) is 11.6 Å². The van der Waals surface area contributed by atoms with Crippen molar-refractivity contribution in [1.29, 1.82) is 0 Å². The summed E-state index contributed by atoms with van der Waals surface area (Å²) in [5.41, 5.74) is -0.100. The lowest BCUT2D eigenvalue weighted by atomic mass is 9.76. The van der Waals surface area contributed by atoms with Crippen LogP contribution in [0, 0.1) is 5.92 Å². The highest BCUT2D eigenvalue weighted by Gasteiger charge is 2.78. The van der Waals surface area contributed by atoms with Crippen LogP contribution >= 0.6 is 0 Å². The van der Waals surface area contributed by atoms with Gasteiger partial charge in [0.2, 0.25) is 0 Å². The summed E-state index contributed by atoms with van der Waals surface area (Å²) in [6, 6.07) is 0. The van der Waals surface area contributed by atoms with Gasteiger partial charge in [-0.2, -0.15) is 0 Å². The third-order valence-electron chi connectivity index (χ3n) is 3.67. The van der Waals surface area contributed by atoms with E-state index in [4.69, 9.17) is 9.47 Å². The molecule has 0 amide bonds. The Hall–Kier alpha value is -0.670. The van der Waals surface area contributed by atoms with Crippen molar-refractivity contribution >= 4 is 5.78 Å². The maximum absolute atomic E-state index is 12.1. The average Bonchev–Trinajstić information content (AvgIpc) is 2.94. The zero-order valence-electron chi connectivity index (χ0n) is 8.66. The summed E-state index contributed by atoms with van der Waals surface area (Å²) in [4.78, 5) is 12.1. The van der Waals surface area contributed by atoms with Gasteiger partial charge in [0.15, 0.2) is 11.4 Å². The molecule has 0 saturated carbocycles. The standard InChI is InChI=1S/C11H14O3/c1-6(2)7-4-8-10(3,14-8)11(5-13-11)9(7)12/h4,6,8H,5H2,1-3H3/t8-,10-,11+/m0/s1. The van der Waals surface area contributed by atoms with Gasteiger partial charge in [0.25, 0.3) is 0 Å². The molecule has 76 valence electrons. The Kier molecular flexibility index (Phi) is 1.31. The van der Waals surface area contributed by atoms with E-state index < -0.39 is 5.60 Å². The van der Waals surface area contributed by atoms with Crippen LogP contribution in [0.1, 0.15) is 20.8 Å². The van der Waals surface area contributed by atoms with Crippen LogP contribution in [0.3, 0.4) is 0 Å². The van der Waals surface area contributed by atoms with Crippen LogP contribution in [-0.4, -0.2) is 29.7 Å². The number of ketones is 1. The number of rotatable bonds is 1. The van der Waals surface area contributed by atoms with Gasteiger partial charge in [0.1, 0.15) is 11.7 Å². The van der Waals surface area contributed by atoms with Gasteiger partial charge in [-0.05, 0) is 24.5 Å². The molecule has 1 aliphatic carbocycles. The highest BCUT2D eigenvalue weighted by atomic mass is 16.7. The minimum Gasteiger partial charge on any atom is -0.358 e. The molecule has 14 heavy (non-hydrogen) atoms. The smallest absolute Gasteiger partial charge is 0.196 e. The molecule has 2 fully saturated rings. The van der Waals surface area contributed by atoms with Crippen LogP contribution in [-0.2, 0) is 14.3 Å². The molecule has 1 spiro atoms. The third-order valence-corrected chi connectivity index (χ3v) is 3.67. The van der Waals surface area contributed by atoms with E-state index in [1.807, 2.05) is 26.8 Å². The summed E-state index contributed by atoms with van der Waals surface area (Å²) in [6.45, 7) is 6.56. The van der Waals surface area contributed by atoms with Gasteiger partial charge in [0, 0.05) is 0 Å². The molecule has 0 aromatic carbocycles. The maximum Gasteiger partial charge on any atom is 0.196 e. The van der Waals surface area contributed by atoms with Crippen molar-refractivity contribution in [3.8, 4) is 0 Å². The van der Waals surface area contributed by atoms with Crippen molar-refractivity contribution < 1.29 is 14.3 Å². The molecule has 0 aromatic heterocycles. The molecule has 3 aliphatic rings. The second-order valence-corrected chi connectivity index (χ2v) is 4.87. The van der Waals surface area contributed by atoms with Crippen molar-refractivity contribution in [2.45, 2.75) is 38.1 Å². The molecular weight excluding hydrogens is 180 g/mol. The molecule has 0 aromatic rings. The lowest BCUT2D eigenvalue weighted by Gasteiger charge is -2.22. The maximum atomic E-state index is 12.1. The molecule has 3 atom stereocenters. The third kappa shape index (κ3) is 0.743. The van der Waals surface area contributed by atoms with Crippen LogP contribution < -0.4 is 0 Å². The van der Waals surface area contributed by atoms with Crippen LogP contribution in [0.25, 0.3) is 0 Å². The predicted molar refractivity (Wildman–Crippen MR) is 49.9 cm³/mol. The minimum absolute atomic E-state index is 0.0973. The van der Waals surface area contributed by atoms with Crippen molar-refractivity contribution in [3.63, 3.8) is 0 Å². The van der Waals surface area contributed by atoms with Crippen molar-refractivity contribution in [2.75, 3.05) is 6.61 Å².